The maximum Gasteiger partial charge on any atom is 0.441 e. The summed E-state index contributed by atoms with van der Waals surface area (Å²) in [6, 6.07) is 4.64. The van der Waals surface area contributed by atoms with E-state index in [0.29, 0.717) is 29.2 Å². The minimum Gasteiger partial charge on any atom is -0.411 e. The van der Waals surface area contributed by atoms with Gasteiger partial charge in [0.05, 0.1) is 11.3 Å². The number of hydroxylamine groups is 1. The third kappa shape index (κ3) is 3.34. The Morgan fingerprint density at radius 3 is 2.58 bits per heavy atom. The van der Waals surface area contributed by atoms with E-state index in [0.717, 1.165) is 24.7 Å². The molecular weight excluding hydrogens is 362 g/mol. The van der Waals surface area contributed by atoms with Crippen molar-refractivity contribution in [2.45, 2.75) is 26.6 Å². The number of benzene rings is 1. The second-order valence-corrected chi connectivity index (χ2v) is 6.41. The highest BCUT2D eigenvalue weighted by molar-refractivity contribution is 6.31. The van der Waals surface area contributed by atoms with Gasteiger partial charge in [0.15, 0.2) is 0 Å². The van der Waals surface area contributed by atoms with Gasteiger partial charge in [-0.15, -0.1) is 5.06 Å². The summed E-state index contributed by atoms with van der Waals surface area (Å²) in [4.78, 5) is 44.9. The fraction of sp³-hybridized carbons (Fsp3) is 0.471. The van der Waals surface area contributed by atoms with Gasteiger partial charge in [0, 0.05) is 11.6 Å². The Morgan fingerprint density at radius 1 is 1.15 bits per heavy atom. The van der Waals surface area contributed by atoms with Crippen molar-refractivity contribution >= 4 is 35.1 Å². The van der Waals surface area contributed by atoms with Crippen molar-refractivity contribution in [1.29, 1.82) is 0 Å². The molecule has 1 aromatic carbocycles. The lowest BCUT2D eigenvalue weighted by molar-refractivity contribution is -0.199. The van der Waals surface area contributed by atoms with Crippen molar-refractivity contribution < 1.29 is 24.0 Å². The molecule has 1 aromatic rings. The lowest BCUT2D eigenvalue weighted by Crippen LogP contribution is -2.61. The quantitative estimate of drug-likeness (QED) is 0.547. The molecule has 0 bridgehead atoms. The summed E-state index contributed by atoms with van der Waals surface area (Å²) in [7, 11) is 0. The van der Waals surface area contributed by atoms with Crippen LogP contribution in [0.4, 0.5) is 5.69 Å². The molecule has 2 aliphatic heterocycles. The Labute approximate surface area is 156 Å². The number of amides is 1. The van der Waals surface area contributed by atoms with Gasteiger partial charge >= 0.3 is 11.9 Å². The third-order valence-electron chi connectivity index (χ3n) is 4.48. The smallest absolute Gasteiger partial charge is 0.411 e. The fourth-order valence-corrected chi connectivity index (χ4v) is 3.24. The van der Waals surface area contributed by atoms with Crippen molar-refractivity contribution in [3.8, 4) is 0 Å². The monoisotopic (exact) mass is 381 g/mol. The Morgan fingerprint density at radius 2 is 1.88 bits per heavy atom. The van der Waals surface area contributed by atoms with Gasteiger partial charge in [-0.2, -0.15) is 0 Å². The van der Waals surface area contributed by atoms with Gasteiger partial charge in [0.2, 0.25) is 0 Å². The minimum absolute atomic E-state index is 0.294. The molecule has 1 amide bonds. The Hall–Kier alpha value is -2.32. The predicted molar refractivity (Wildman–Crippen MR) is 93.3 cm³/mol. The van der Waals surface area contributed by atoms with E-state index in [-0.39, 0.29) is 5.91 Å². The van der Waals surface area contributed by atoms with Crippen LogP contribution in [-0.2, 0) is 19.2 Å². The van der Waals surface area contributed by atoms with Crippen molar-refractivity contribution in [3.05, 3.63) is 28.8 Å². The van der Waals surface area contributed by atoms with E-state index in [1.54, 1.807) is 12.1 Å². The number of esters is 1. The Bertz CT molecular complexity index is 737. The highest BCUT2D eigenvalue weighted by atomic mass is 35.5. The third-order valence-corrected chi connectivity index (χ3v) is 4.72. The van der Waals surface area contributed by atoms with E-state index in [1.165, 1.54) is 11.0 Å². The predicted octanol–water partition coefficient (Wildman–Crippen LogP) is 1.63. The van der Waals surface area contributed by atoms with Crippen LogP contribution in [0.3, 0.4) is 0 Å². The molecular formula is C17H20ClN3O5. The van der Waals surface area contributed by atoms with Crippen molar-refractivity contribution in [2.75, 3.05) is 31.2 Å². The van der Waals surface area contributed by atoms with Crippen LogP contribution >= 0.6 is 11.6 Å². The van der Waals surface area contributed by atoms with E-state index in [2.05, 4.69) is 18.7 Å². The number of hydrogen-bond donors (Lipinski definition) is 0. The average Bonchev–Trinajstić information content (AvgIpc) is 2.63. The standard InChI is InChI=1S/C17H20ClN3O5/c1-3-19(4-2)8-5-9-20-14(22)12-10-11(18)6-7-13(12)21-17(20)25-15(23)16(24)26-21/h6-7,10,17H,3-5,8-9H2,1-2H3. The number of hydrogen-bond acceptors (Lipinski definition) is 7. The van der Waals surface area contributed by atoms with Gasteiger partial charge in [0.1, 0.15) is 0 Å². The first kappa shape index (κ1) is 18.5. The van der Waals surface area contributed by atoms with Gasteiger partial charge in [-0.25, -0.2) is 9.59 Å². The molecule has 0 saturated carbocycles. The van der Waals surface area contributed by atoms with E-state index >= 15 is 0 Å². The summed E-state index contributed by atoms with van der Waals surface area (Å²) in [6.45, 7) is 7.08. The normalized spacial score (nSPS) is 19.2. The van der Waals surface area contributed by atoms with E-state index in [9.17, 15) is 14.4 Å². The van der Waals surface area contributed by atoms with E-state index in [1.807, 2.05) is 0 Å². The van der Waals surface area contributed by atoms with Crippen LogP contribution in [0.2, 0.25) is 5.02 Å². The highest BCUT2D eigenvalue weighted by Crippen LogP contribution is 2.35. The number of carbonyl (C=O) groups is 3. The average molecular weight is 382 g/mol. The summed E-state index contributed by atoms with van der Waals surface area (Å²) in [6.07, 6.45) is -0.433. The van der Waals surface area contributed by atoms with Crippen LogP contribution in [0, 0.1) is 0 Å². The molecule has 2 aliphatic rings. The maximum absolute atomic E-state index is 12.9. The molecule has 0 spiro atoms. The van der Waals surface area contributed by atoms with Crippen LogP contribution in [0.1, 0.15) is 30.6 Å². The van der Waals surface area contributed by atoms with E-state index < -0.39 is 18.3 Å². The highest BCUT2D eigenvalue weighted by Gasteiger charge is 2.47. The number of rotatable bonds is 6. The summed E-state index contributed by atoms with van der Waals surface area (Å²) in [5, 5.41) is 1.53. The molecule has 1 fully saturated rings. The molecule has 0 aliphatic carbocycles. The van der Waals surface area contributed by atoms with Crippen molar-refractivity contribution in [3.63, 3.8) is 0 Å². The largest absolute Gasteiger partial charge is 0.441 e. The van der Waals surface area contributed by atoms with Crippen LogP contribution in [0.15, 0.2) is 18.2 Å². The van der Waals surface area contributed by atoms with Crippen LogP contribution in [-0.4, -0.2) is 60.2 Å². The molecule has 140 valence electrons. The number of fused-ring (bicyclic) bond motifs is 3. The second-order valence-electron chi connectivity index (χ2n) is 5.98. The zero-order valence-corrected chi connectivity index (χ0v) is 15.4. The summed E-state index contributed by atoms with van der Waals surface area (Å²) >= 11 is 6.01. The molecule has 0 aromatic heterocycles. The molecule has 8 nitrogen and oxygen atoms in total. The van der Waals surface area contributed by atoms with Crippen molar-refractivity contribution in [2.24, 2.45) is 0 Å². The summed E-state index contributed by atoms with van der Waals surface area (Å²) in [5.74, 6) is -2.57. The molecule has 3 rings (SSSR count). The van der Waals surface area contributed by atoms with Gasteiger partial charge in [-0.3, -0.25) is 9.69 Å². The summed E-state index contributed by atoms with van der Waals surface area (Å²) in [5.41, 5.74) is 0.632. The molecule has 9 heteroatoms. The molecule has 26 heavy (non-hydrogen) atoms. The van der Waals surface area contributed by atoms with Crippen LogP contribution in [0.25, 0.3) is 0 Å². The molecule has 1 unspecified atom stereocenters. The molecule has 0 radical (unpaired) electrons. The Kier molecular flexibility index (Phi) is 5.33. The number of nitrogens with zero attached hydrogens (tertiary/aromatic N) is 3. The maximum atomic E-state index is 12.9. The fourth-order valence-electron chi connectivity index (χ4n) is 3.07. The van der Waals surface area contributed by atoms with E-state index in [4.69, 9.17) is 21.2 Å². The van der Waals surface area contributed by atoms with Gasteiger partial charge < -0.3 is 14.5 Å². The first-order valence-electron chi connectivity index (χ1n) is 8.51. The molecule has 1 atom stereocenters. The number of halogens is 1. The van der Waals surface area contributed by atoms with Gasteiger partial charge in [-0.1, -0.05) is 25.4 Å². The number of carbonyl (C=O) groups excluding carboxylic acids is 3. The minimum atomic E-state index is -1.13. The summed E-state index contributed by atoms with van der Waals surface area (Å²) < 4.78 is 5.15. The lowest BCUT2D eigenvalue weighted by atomic mass is 10.1. The second kappa shape index (κ2) is 7.51. The van der Waals surface area contributed by atoms with Gasteiger partial charge in [-0.05, 0) is 44.3 Å². The molecule has 0 N–H and O–H groups in total. The number of anilines is 1. The van der Waals surface area contributed by atoms with Crippen molar-refractivity contribution in [1.82, 2.24) is 9.80 Å². The topological polar surface area (TPSA) is 79.4 Å². The van der Waals surface area contributed by atoms with Crippen LogP contribution < -0.4 is 5.06 Å². The Balaban J connectivity index is 1.87. The first-order valence-corrected chi connectivity index (χ1v) is 8.89. The van der Waals surface area contributed by atoms with Gasteiger partial charge in [0.25, 0.3) is 12.3 Å². The SMILES string of the molecule is CCN(CC)CCCN1C(=O)c2cc(Cl)ccc2N2OC(=O)C(=O)OC12. The van der Waals surface area contributed by atoms with Crippen LogP contribution in [0.5, 0.6) is 0 Å². The zero-order chi connectivity index (χ0) is 18.8. The molecule has 1 saturated heterocycles. The number of ether oxygens (including phenoxy) is 1. The molecule has 2 heterocycles. The zero-order valence-electron chi connectivity index (χ0n) is 14.6. The first-order chi connectivity index (χ1) is 12.5. The lowest BCUT2D eigenvalue weighted by Gasteiger charge is -2.44.